The van der Waals surface area contributed by atoms with E-state index in [1.165, 1.54) is 0 Å². The molecule has 0 saturated carbocycles. The molecule has 1 heterocycles. The normalized spacial score (nSPS) is 10.4. The van der Waals surface area contributed by atoms with Gasteiger partial charge in [-0.3, -0.25) is 0 Å². The number of anilines is 2. The maximum atomic E-state index is 5.78. The number of hydrogen-bond acceptors (Lipinski definition) is 3. The molecule has 0 bridgehead atoms. The summed E-state index contributed by atoms with van der Waals surface area (Å²) in [5.41, 5.74) is 3.07. The van der Waals surface area contributed by atoms with Crippen LogP contribution < -0.4 is 5.32 Å². The van der Waals surface area contributed by atoms with Crippen molar-refractivity contribution in [1.82, 2.24) is 9.97 Å². The van der Waals surface area contributed by atoms with E-state index in [0.717, 1.165) is 27.1 Å². The van der Waals surface area contributed by atoms with Crippen LogP contribution in [0.3, 0.4) is 0 Å². The molecule has 1 N–H and O–H groups in total. The first-order chi connectivity index (χ1) is 8.08. The molecule has 0 unspecified atom stereocenters. The third-order valence-corrected chi connectivity index (χ3v) is 3.62. The first-order valence-electron chi connectivity index (χ1n) is 5.09. The number of hydrogen-bond donors (Lipinski definition) is 1. The second kappa shape index (κ2) is 5.02. The van der Waals surface area contributed by atoms with Crippen LogP contribution in [-0.4, -0.2) is 9.97 Å². The summed E-state index contributed by atoms with van der Waals surface area (Å²) in [5, 5.41) is 3.48. The van der Waals surface area contributed by atoms with E-state index in [1.807, 2.05) is 32.0 Å². The van der Waals surface area contributed by atoms with E-state index in [2.05, 4.69) is 31.2 Å². The van der Waals surface area contributed by atoms with Crippen LogP contribution in [0, 0.1) is 13.8 Å². The van der Waals surface area contributed by atoms with Crippen molar-refractivity contribution < 1.29 is 0 Å². The van der Waals surface area contributed by atoms with Crippen LogP contribution in [0.1, 0.15) is 11.1 Å². The number of aryl methyl sites for hydroxylation is 2. The standard InChI is InChI=1S/C12H11BrClN3/c1-7-4-3-5-9(10(7)13)16-11-8(2)6-15-12(14)17-11/h3-6H,1-2H3,(H,15,16,17). The van der Waals surface area contributed by atoms with E-state index in [9.17, 15) is 0 Å². The van der Waals surface area contributed by atoms with Crippen LogP contribution in [-0.2, 0) is 0 Å². The Hall–Kier alpha value is -1.13. The molecule has 0 amide bonds. The van der Waals surface area contributed by atoms with Crippen LogP contribution in [0.15, 0.2) is 28.9 Å². The van der Waals surface area contributed by atoms with Crippen LogP contribution in [0.4, 0.5) is 11.5 Å². The average Bonchev–Trinajstić information content (AvgIpc) is 2.30. The Morgan fingerprint density at radius 1 is 1.24 bits per heavy atom. The highest BCUT2D eigenvalue weighted by Gasteiger charge is 2.06. The van der Waals surface area contributed by atoms with Crippen molar-refractivity contribution in [2.45, 2.75) is 13.8 Å². The van der Waals surface area contributed by atoms with Gasteiger partial charge in [-0.1, -0.05) is 12.1 Å². The van der Waals surface area contributed by atoms with Gasteiger partial charge in [-0.2, -0.15) is 0 Å². The Bertz CT molecular complexity index is 557. The summed E-state index contributed by atoms with van der Waals surface area (Å²) in [7, 11) is 0. The number of halogens is 2. The average molecular weight is 313 g/mol. The number of nitrogens with zero attached hydrogens (tertiary/aromatic N) is 2. The first-order valence-corrected chi connectivity index (χ1v) is 6.26. The zero-order valence-corrected chi connectivity index (χ0v) is 11.8. The van der Waals surface area contributed by atoms with Gasteiger partial charge in [0.2, 0.25) is 5.28 Å². The van der Waals surface area contributed by atoms with Gasteiger partial charge in [-0.25, -0.2) is 9.97 Å². The fourth-order valence-electron chi connectivity index (χ4n) is 1.42. The highest BCUT2D eigenvalue weighted by Crippen LogP contribution is 2.29. The van der Waals surface area contributed by atoms with E-state index in [-0.39, 0.29) is 5.28 Å². The summed E-state index contributed by atoms with van der Waals surface area (Å²) in [6.45, 7) is 3.97. The van der Waals surface area contributed by atoms with Crippen molar-refractivity contribution in [2.75, 3.05) is 5.32 Å². The van der Waals surface area contributed by atoms with Crippen molar-refractivity contribution in [3.8, 4) is 0 Å². The minimum absolute atomic E-state index is 0.238. The van der Waals surface area contributed by atoms with Crippen molar-refractivity contribution in [2.24, 2.45) is 0 Å². The molecule has 0 aliphatic heterocycles. The largest absolute Gasteiger partial charge is 0.339 e. The van der Waals surface area contributed by atoms with Crippen LogP contribution in [0.25, 0.3) is 0 Å². The highest BCUT2D eigenvalue weighted by atomic mass is 79.9. The number of benzene rings is 1. The Balaban J connectivity index is 2.38. The zero-order chi connectivity index (χ0) is 12.4. The maximum absolute atomic E-state index is 5.78. The van der Waals surface area contributed by atoms with Gasteiger partial charge in [0.25, 0.3) is 0 Å². The number of nitrogens with one attached hydrogen (secondary N) is 1. The molecule has 1 aromatic carbocycles. The summed E-state index contributed by atoms with van der Waals surface area (Å²) in [5.74, 6) is 0.719. The van der Waals surface area contributed by atoms with E-state index < -0.39 is 0 Å². The molecule has 1 aromatic heterocycles. The molecule has 0 fully saturated rings. The molecular weight excluding hydrogens is 302 g/mol. The van der Waals surface area contributed by atoms with Crippen LogP contribution >= 0.6 is 27.5 Å². The van der Waals surface area contributed by atoms with E-state index >= 15 is 0 Å². The lowest BCUT2D eigenvalue weighted by Crippen LogP contribution is -1.99. The predicted molar refractivity (Wildman–Crippen MR) is 73.9 cm³/mol. The lowest BCUT2D eigenvalue weighted by atomic mass is 10.2. The Kier molecular flexibility index (Phi) is 3.64. The Morgan fingerprint density at radius 3 is 2.76 bits per heavy atom. The van der Waals surface area contributed by atoms with E-state index in [4.69, 9.17) is 11.6 Å². The summed E-state index contributed by atoms with van der Waals surface area (Å²) >= 11 is 9.32. The van der Waals surface area contributed by atoms with Crippen molar-refractivity contribution in [1.29, 1.82) is 0 Å². The topological polar surface area (TPSA) is 37.8 Å². The Morgan fingerprint density at radius 2 is 2.00 bits per heavy atom. The van der Waals surface area contributed by atoms with Gasteiger partial charge in [0.1, 0.15) is 5.82 Å². The van der Waals surface area contributed by atoms with Crippen molar-refractivity contribution >= 4 is 39.0 Å². The molecule has 0 aliphatic rings. The molecule has 2 rings (SSSR count). The molecule has 3 nitrogen and oxygen atoms in total. The predicted octanol–water partition coefficient (Wildman–Crippen LogP) is 4.25. The van der Waals surface area contributed by atoms with Gasteiger partial charge in [0.15, 0.2) is 0 Å². The fraction of sp³-hybridized carbons (Fsp3) is 0.167. The third-order valence-electron chi connectivity index (χ3n) is 2.39. The van der Waals surface area contributed by atoms with Crippen LogP contribution in [0.5, 0.6) is 0 Å². The summed E-state index contributed by atoms with van der Waals surface area (Å²) in [6, 6.07) is 6.00. The molecule has 0 atom stereocenters. The van der Waals surface area contributed by atoms with Gasteiger partial charge in [-0.15, -0.1) is 0 Å². The van der Waals surface area contributed by atoms with Gasteiger partial charge >= 0.3 is 0 Å². The van der Waals surface area contributed by atoms with Gasteiger partial charge in [-0.05, 0) is 53.0 Å². The Labute approximate surface area is 113 Å². The van der Waals surface area contributed by atoms with E-state index in [0.29, 0.717) is 0 Å². The van der Waals surface area contributed by atoms with Gasteiger partial charge < -0.3 is 5.32 Å². The van der Waals surface area contributed by atoms with Gasteiger partial charge in [0, 0.05) is 16.2 Å². The molecule has 17 heavy (non-hydrogen) atoms. The third kappa shape index (κ3) is 2.76. The molecule has 0 saturated heterocycles. The highest BCUT2D eigenvalue weighted by molar-refractivity contribution is 9.10. The second-order valence-corrected chi connectivity index (χ2v) is 4.86. The van der Waals surface area contributed by atoms with E-state index in [1.54, 1.807) is 6.20 Å². The quantitative estimate of drug-likeness (QED) is 0.842. The van der Waals surface area contributed by atoms with Gasteiger partial charge in [0.05, 0.1) is 5.69 Å². The monoisotopic (exact) mass is 311 g/mol. The summed E-state index contributed by atoms with van der Waals surface area (Å²) < 4.78 is 1.02. The molecule has 2 aromatic rings. The lowest BCUT2D eigenvalue weighted by Gasteiger charge is -2.11. The summed E-state index contributed by atoms with van der Waals surface area (Å²) in [4.78, 5) is 8.08. The number of aromatic nitrogens is 2. The minimum Gasteiger partial charge on any atom is -0.339 e. The summed E-state index contributed by atoms with van der Waals surface area (Å²) in [6.07, 6.45) is 1.70. The SMILES string of the molecule is Cc1cnc(Cl)nc1Nc1cccc(C)c1Br. The zero-order valence-electron chi connectivity index (χ0n) is 9.46. The lowest BCUT2D eigenvalue weighted by molar-refractivity contribution is 1.13. The molecular formula is C12H11BrClN3. The fourth-order valence-corrected chi connectivity index (χ4v) is 1.92. The minimum atomic E-state index is 0.238. The van der Waals surface area contributed by atoms with Crippen molar-refractivity contribution in [3.05, 3.63) is 45.3 Å². The molecule has 5 heteroatoms. The van der Waals surface area contributed by atoms with Crippen LogP contribution in [0.2, 0.25) is 5.28 Å². The van der Waals surface area contributed by atoms with Crippen molar-refractivity contribution in [3.63, 3.8) is 0 Å². The maximum Gasteiger partial charge on any atom is 0.224 e. The smallest absolute Gasteiger partial charge is 0.224 e. The molecule has 88 valence electrons. The molecule has 0 radical (unpaired) electrons. The first kappa shape index (κ1) is 12.3. The molecule has 0 spiro atoms. The second-order valence-electron chi connectivity index (χ2n) is 3.73. The number of rotatable bonds is 2. The molecule has 0 aliphatic carbocycles.